The van der Waals surface area contributed by atoms with E-state index in [-0.39, 0.29) is 5.82 Å². The Labute approximate surface area is 124 Å². The summed E-state index contributed by atoms with van der Waals surface area (Å²) >= 11 is 0. The third kappa shape index (κ3) is 4.23. The van der Waals surface area contributed by atoms with Crippen molar-refractivity contribution in [1.82, 2.24) is 9.97 Å². The van der Waals surface area contributed by atoms with Gasteiger partial charge in [0.2, 0.25) is 0 Å². The van der Waals surface area contributed by atoms with Crippen molar-refractivity contribution in [1.29, 1.82) is 0 Å². The molecular formula is C16H20FN3O. The highest BCUT2D eigenvalue weighted by Crippen LogP contribution is 2.23. The number of nitrogens with zero attached hydrogens (tertiary/aromatic N) is 2. The van der Waals surface area contributed by atoms with Crippen LogP contribution in [0, 0.1) is 5.82 Å². The summed E-state index contributed by atoms with van der Waals surface area (Å²) in [5.74, 6) is 0.955. The maximum absolute atomic E-state index is 13.9. The van der Waals surface area contributed by atoms with Gasteiger partial charge in [-0.25, -0.2) is 14.4 Å². The maximum Gasteiger partial charge on any atom is 0.157 e. The van der Waals surface area contributed by atoms with E-state index in [9.17, 15) is 4.39 Å². The van der Waals surface area contributed by atoms with E-state index < -0.39 is 0 Å². The second-order valence-electron chi connectivity index (χ2n) is 4.60. The van der Waals surface area contributed by atoms with E-state index in [0.717, 1.165) is 13.0 Å². The lowest BCUT2D eigenvalue weighted by Gasteiger charge is -2.10. The van der Waals surface area contributed by atoms with Crippen molar-refractivity contribution < 1.29 is 9.13 Å². The molecular weight excluding hydrogens is 269 g/mol. The van der Waals surface area contributed by atoms with Crippen molar-refractivity contribution in [3.05, 3.63) is 42.0 Å². The summed E-state index contributed by atoms with van der Waals surface area (Å²) in [7, 11) is 0. The lowest BCUT2D eigenvalue weighted by atomic mass is 10.1. The van der Waals surface area contributed by atoms with Crippen LogP contribution in [0.15, 0.2) is 30.3 Å². The Morgan fingerprint density at radius 2 is 2.00 bits per heavy atom. The summed E-state index contributed by atoms with van der Waals surface area (Å²) in [4.78, 5) is 8.79. The fourth-order valence-electron chi connectivity index (χ4n) is 1.91. The zero-order valence-electron chi connectivity index (χ0n) is 12.4. The van der Waals surface area contributed by atoms with Crippen LogP contribution in [0.25, 0.3) is 11.3 Å². The van der Waals surface area contributed by atoms with Crippen molar-refractivity contribution in [2.24, 2.45) is 0 Å². The molecule has 0 aliphatic carbocycles. The molecule has 5 heteroatoms. The molecule has 0 saturated heterocycles. The molecule has 4 nitrogen and oxygen atoms in total. The van der Waals surface area contributed by atoms with E-state index in [0.29, 0.717) is 36.1 Å². The number of hydrogen-bond acceptors (Lipinski definition) is 4. The van der Waals surface area contributed by atoms with E-state index in [2.05, 4.69) is 22.2 Å². The normalized spacial score (nSPS) is 10.6. The number of ether oxygens (including phenoxy) is 1. The Balaban J connectivity index is 2.36. The summed E-state index contributed by atoms with van der Waals surface area (Å²) < 4.78 is 19.3. The van der Waals surface area contributed by atoms with Gasteiger partial charge >= 0.3 is 0 Å². The van der Waals surface area contributed by atoms with E-state index in [1.165, 1.54) is 6.07 Å². The molecule has 2 aromatic rings. The average molecular weight is 289 g/mol. The largest absolute Gasteiger partial charge is 0.374 e. The Morgan fingerprint density at radius 1 is 1.19 bits per heavy atom. The van der Waals surface area contributed by atoms with Crippen molar-refractivity contribution in [2.45, 2.75) is 26.9 Å². The van der Waals surface area contributed by atoms with Crippen LogP contribution in [-0.4, -0.2) is 23.1 Å². The Kier molecular flexibility index (Phi) is 5.63. The molecule has 1 heterocycles. The van der Waals surface area contributed by atoms with Crippen LogP contribution in [0.3, 0.4) is 0 Å². The zero-order valence-corrected chi connectivity index (χ0v) is 12.4. The van der Waals surface area contributed by atoms with E-state index in [4.69, 9.17) is 4.74 Å². The van der Waals surface area contributed by atoms with Crippen molar-refractivity contribution in [3.8, 4) is 11.3 Å². The molecule has 21 heavy (non-hydrogen) atoms. The van der Waals surface area contributed by atoms with Crippen molar-refractivity contribution >= 4 is 5.82 Å². The number of aromatic nitrogens is 2. The first-order chi connectivity index (χ1) is 10.2. The van der Waals surface area contributed by atoms with Gasteiger partial charge in [-0.3, -0.25) is 0 Å². The van der Waals surface area contributed by atoms with Gasteiger partial charge in [0.15, 0.2) is 5.82 Å². The quantitative estimate of drug-likeness (QED) is 0.845. The van der Waals surface area contributed by atoms with Gasteiger partial charge in [-0.1, -0.05) is 19.1 Å². The monoisotopic (exact) mass is 289 g/mol. The molecule has 0 amide bonds. The average Bonchev–Trinajstić information content (AvgIpc) is 2.51. The van der Waals surface area contributed by atoms with Crippen LogP contribution in [0.4, 0.5) is 10.2 Å². The van der Waals surface area contributed by atoms with Crippen LogP contribution in [0.5, 0.6) is 0 Å². The number of rotatable bonds is 7. The number of benzene rings is 1. The lowest BCUT2D eigenvalue weighted by molar-refractivity contribution is 0.128. The highest BCUT2D eigenvalue weighted by Gasteiger charge is 2.10. The minimum Gasteiger partial charge on any atom is -0.374 e. The molecule has 1 N–H and O–H groups in total. The Bertz CT molecular complexity index is 563. The van der Waals surface area contributed by atoms with Gasteiger partial charge in [0.1, 0.15) is 18.2 Å². The van der Waals surface area contributed by atoms with Gasteiger partial charge in [-0.15, -0.1) is 0 Å². The standard InChI is InChI=1S/C16H20FN3O/c1-3-9-18-15-10-14(12-7-5-6-8-13(12)17)19-16(20-15)11-21-4-2/h5-8,10H,3-4,9,11H2,1-2H3,(H,18,19,20). The summed E-state index contributed by atoms with van der Waals surface area (Å²) in [6.07, 6.45) is 0.986. The molecule has 0 aliphatic rings. The van der Waals surface area contributed by atoms with Crippen LogP contribution < -0.4 is 5.32 Å². The SMILES string of the molecule is CCCNc1cc(-c2ccccc2F)nc(COCC)n1. The second kappa shape index (κ2) is 7.69. The molecule has 0 unspecified atom stereocenters. The summed E-state index contributed by atoms with van der Waals surface area (Å²) in [5.41, 5.74) is 1.04. The predicted octanol–water partition coefficient (Wildman–Crippen LogP) is 3.64. The number of halogens is 1. The number of nitrogens with one attached hydrogen (secondary N) is 1. The molecule has 0 fully saturated rings. The van der Waals surface area contributed by atoms with Gasteiger partial charge < -0.3 is 10.1 Å². The zero-order chi connectivity index (χ0) is 15.1. The molecule has 0 atom stereocenters. The molecule has 112 valence electrons. The van der Waals surface area contributed by atoms with E-state index in [1.54, 1.807) is 24.3 Å². The van der Waals surface area contributed by atoms with Crippen LogP contribution in [0.2, 0.25) is 0 Å². The van der Waals surface area contributed by atoms with Gasteiger partial charge in [0.25, 0.3) is 0 Å². The topological polar surface area (TPSA) is 47.0 Å². The summed E-state index contributed by atoms with van der Waals surface area (Å²) in [6, 6.07) is 8.37. The van der Waals surface area contributed by atoms with Crippen LogP contribution in [-0.2, 0) is 11.3 Å². The highest BCUT2D eigenvalue weighted by atomic mass is 19.1. The molecule has 0 spiro atoms. The fraction of sp³-hybridized carbons (Fsp3) is 0.375. The van der Waals surface area contributed by atoms with Gasteiger partial charge in [-0.05, 0) is 25.5 Å². The molecule has 0 bridgehead atoms. The third-order valence-corrected chi connectivity index (χ3v) is 2.91. The molecule has 0 saturated carbocycles. The van der Waals surface area contributed by atoms with Crippen LogP contribution >= 0.6 is 0 Å². The maximum atomic E-state index is 13.9. The lowest BCUT2D eigenvalue weighted by Crippen LogP contribution is -2.07. The summed E-state index contributed by atoms with van der Waals surface area (Å²) in [5, 5.41) is 3.21. The third-order valence-electron chi connectivity index (χ3n) is 2.91. The molecule has 1 aromatic heterocycles. The molecule has 2 rings (SSSR count). The number of hydrogen-bond donors (Lipinski definition) is 1. The van der Waals surface area contributed by atoms with E-state index in [1.807, 2.05) is 6.92 Å². The van der Waals surface area contributed by atoms with E-state index >= 15 is 0 Å². The molecule has 1 aromatic carbocycles. The smallest absolute Gasteiger partial charge is 0.157 e. The molecule has 0 radical (unpaired) electrons. The van der Waals surface area contributed by atoms with Gasteiger partial charge in [0, 0.05) is 24.8 Å². The second-order valence-corrected chi connectivity index (χ2v) is 4.60. The van der Waals surface area contributed by atoms with Crippen molar-refractivity contribution in [3.63, 3.8) is 0 Å². The van der Waals surface area contributed by atoms with Gasteiger partial charge in [0.05, 0.1) is 5.69 Å². The first-order valence-electron chi connectivity index (χ1n) is 7.19. The minimum atomic E-state index is -0.292. The predicted molar refractivity (Wildman–Crippen MR) is 81.5 cm³/mol. The Morgan fingerprint density at radius 3 is 2.71 bits per heavy atom. The molecule has 0 aliphatic heterocycles. The number of anilines is 1. The van der Waals surface area contributed by atoms with Gasteiger partial charge in [-0.2, -0.15) is 0 Å². The highest BCUT2D eigenvalue weighted by molar-refractivity contribution is 5.63. The minimum absolute atomic E-state index is 0.292. The van der Waals surface area contributed by atoms with Crippen LogP contribution in [0.1, 0.15) is 26.1 Å². The summed E-state index contributed by atoms with van der Waals surface area (Å²) in [6.45, 7) is 5.70. The first kappa shape index (κ1) is 15.4. The first-order valence-corrected chi connectivity index (χ1v) is 7.19. The fourth-order valence-corrected chi connectivity index (χ4v) is 1.91. The van der Waals surface area contributed by atoms with Crippen molar-refractivity contribution in [2.75, 3.05) is 18.5 Å². The Hall–Kier alpha value is -2.01.